The molecule has 1 aromatic carbocycles. The van der Waals surface area contributed by atoms with Crippen LogP contribution in [0.5, 0.6) is 0 Å². The molecule has 0 saturated carbocycles. The van der Waals surface area contributed by atoms with Gasteiger partial charge in [0.25, 0.3) is 0 Å². The van der Waals surface area contributed by atoms with Crippen LogP contribution >= 0.6 is 0 Å². The molecular formula is C19H27N5O3. The number of rotatable bonds is 6. The Morgan fingerprint density at radius 2 is 2.19 bits per heavy atom. The summed E-state index contributed by atoms with van der Waals surface area (Å²) in [6.07, 6.45) is 3.32. The van der Waals surface area contributed by atoms with Crippen molar-refractivity contribution in [3.63, 3.8) is 0 Å². The number of aromatic nitrogens is 2. The van der Waals surface area contributed by atoms with Crippen LogP contribution in [0.2, 0.25) is 0 Å². The zero-order valence-electron chi connectivity index (χ0n) is 15.9. The molecule has 2 aromatic rings. The van der Waals surface area contributed by atoms with Gasteiger partial charge in [0.15, 0.2) is 0 Å². The van der Waals surface area contributed by atoms with Crippen molar-refractivity contribution in [3.05, 3.63) is 29.7 Å². The molecule has 0 spiro atoms. The van der Waals surface area contributed by atoms with Gasteiger partial charge < -0.3 is 20.2 Å². The minimum absolute atomic E-state index is 0.174. The number of carbonyl (C=O) groups excluding carboxylic acids is 1. The molecule has 0 unspecified atom stereocenters. The smallest absolute Gasteiger partial charge is 0.319 e. The maximum Gasteiger partial charge on any atom is 0.319 e. The van der Waals surface area contributed by atoms with E-state index >= 15 is 0 Å². The van der Waals surface area contributed by atoms with E-state index in [9.17, 15) is 9.90 Å². The van der Waals surface area contributed by atoms with Gasteiger partial charge in [-0.15, -0.1) is 10.2 Å². The number of carbonyl (C=O) groups is 1. The zero-order chi connectivity index (χ0) is 19.2. The highest BCUT2D eigenvalue weighted by Crippen LogP contribution is 2.24. The van der Waals surface area contributed by atoms with Gasteiger partial charge in [0.2, 0.25) is 11.8 Å². The number of urea groups is 1. The summed E-state index contributed by atoms with van der Waals surface area (Å²) in [5, 5.41) is 23.1. The van der Waals surface area contributed by atoms with Crippen LogP contribution in [0.15, 0.2) is 22.6 Å². The first-order valence-electron chi connectivity index (χ1n) is 9.37. The molecule has 1 aliphatic heterocycles. The number of hydrogen-bond acceptors (Lipinski definition) is 6. The van der Waals surface area contributed by atoms with E-state index in [1.165, 1.54) is 0 Å². The molecule has 3 rings (SSSR count). The van der Waals surface area contributed by atoms with E-state index in [0.717, 1.165) is 43.5 Å². The monoisotopic (exact) mass is 373 g/mol. The second-order valence-electron chi connectivity index (χ2n) is 6.90. The molecule has 1 atom stereocenters. The zero-order valence-corrected chi connectivity index (χ0v) is 15.9. The summed E-state index contributed by atoms with van der Waals surface area (Å²) >= 11 is 0. The summed E-state index contributed by atoms with van der Waals surface area (Å²) in [7, 11) is 0. The number of aryl methyl sites for hydroxylation is 2. The van der Waals surface area contributed by atoms with Gasteiger partial charge in [0.1, 0.15) is 0 Å². The first kappa shape index (κ1) is 19.3. The lowest BCUT2D eigenvalue weighted by atomic mass is 10.0. The molecule has 3 N–H and O–H groups in total. The van der Waals surface area contributed by atoms with Crippen LogP contribution in [0.3, 0.4) is 0 Å². The number of aliphatic hydroxyl groups excluding tert-OH is 1. The van der Waals surface area contributed by atoms with Crippen molar-refractivity contribution in [2.24, 2.45) is 0 Å². The van der Waals surface area contributed by atoms with Gasteiger partial charge in [0.05, 0.1) is 6.61 Å². The van der Waals surface area contributed by atoms with Crippen molar-refractivity contribution < 1.29 is 14.3 Å². The molecule has 1 aliphatic rings. The third kappa shape index (κ3) is 5.05. The maximum atomic E-state index is 12.3. The number of amides is 2. The Hall–Kier alpha value is -2.45. The second-order valence-corrected chi connectivity index (χ2v) is 6.90. The molecule has 2 heterocycles. The number of nitrogens with zero attached hydrogens (tertiary/aromatic N) is 3. The molecule has 1 aromatic heterocycles. The van der Waals surface area contributed by atoms with Crippen LogP contribution in [0.25, 0.3) is 11.5 Å². The van der Waals surface area contributed by atoms with Crippen molar-refractivity contribution in [1.82, 2.24) is 20.4 Å². The van der Waals surface area contributed by atoms with Gasteiger partial charge in [0, 0.05) is 37.3 Å². The van der Waals surface area contributed by atoms with E-state index in [1.54, 1.807) is 6.92 Å². The highest BCUT2D eigenvalue weighted by molar-refractivity contribution is 5.90. The maximum absolute atomic E-state index is 12.3. The predicted octanol–water partition coefficient (Wildman–Crippen LogP) is 2.32. The third-order valence-corrected chi connectivity index (χ3v) is 4.90. The van der Waals surface area contributed by atoms with Crippen molar-refractivity contribution in [2.45, 2.75) is 39.2 Å². The van der Waals surface area contributed by atoms with E-state index in [0.29, 0.717) is 24.0 Å². The summed E-state index contributed by atoms with van der Waals surface area (Å²) in [6.45, 7) is 6.08. The highest BCUT2D eigenvalue weighted by atomic mass is 16.4. The Bertz CT molecular complexity index is 776. The van der Waals surface area contributed by atoms with Gasteiger partial charge in [-0.25, -0.2) is 4.79 Å². The van der Waals surface area contributed by atoms with Crippen LogP contribution in [0, 0.1) is 13.8 Å². The number of likely N-dealkylation sites (tertiary alicyclic amines) is 1. The molecule has 2 amide bonds. The van der Waals surface area contributed by atoms with Gasteiger partial charge >= 0.3 is 6.03 Å². The largest absolute Gasteiger partial charge is 0.421 e. The predicted molar refractivity (Wildman–Crippen MR) is 103 cm³/mol. The Morgan fingerprint density at radius 1 is 1.33 bits per heavy atom. The van der Waals surface area contributed by atoms with E-state index in [1.807, 2.05) is 25.1 Å². The lowest BCUT2D eigenvalue weighted by Gasteiger charge is -2.34. The summed E-state index contributed by atoms with van der Waals surface area (Å²) in [6, 6.07) is 5.57. The minimum Gasteiger partial charge on any atom is -0.421 e. The fourth-order valence-corrected chi connectivity index (χ4v) is 3.34. The summed E-state index contributed by atoms with van der Waals surface area (Å²) in [4.78, 5) is 14.5. The molecule has 1 fully saturated rings. The van der Waals surface area contributed by atoms with E-state index in [4.69, 9.17) is 4.42 Å². The Balaban J connectivity index is 1.54. The van der Waals surface area contributed by atoms with Crippen molar-refractivity contribution in [2.75, 3.05) is 31.6 Å². The molecule has 1 saturated heterocycles. The van der Waals surface area contributed by atoms with E-state index in [-0.39, 0.29) is 18.7 Å². The standard InChI is InChI=1S/C19H27N5O3/c1-13-6-7-15(18-23-22-14(2)27-18)11-17(13)21-19(26)20-8-10-24-9-4-3-5-16(24)12-25/h6-7,11,16,25H,3-5,8-10,12H2,1-2H3,(H2,20,21,26)/t16-/m1/s1. The first-order chi connectivity index (χ1) is 13.1. The Kier molecular flexibility index (Phi) is 6.41. The minimum atomic E-state index is -0.255. The Morgan fingerprint density at radius 3 is 2.93 bits per heavy atom. The van der Waals surface area contributed by atoms with E-state index < -0.39 is 0 Å². The average Bonchev–Trinajstić information content (AvgIpc) is 3.10. The van der Waals surface area contributed by atoms with Crippen LogP contribution < -0.4 is 10.6 Å². The van der Waals surface area contributed by atoms with Crippen LogP contribution in [-0.4, -0.2) is 58.5 Å². The fraction of sp³-hybridized carbons (Fsp3) is 0.526. The fourth-order valence-electron chi connectivity index (χ4n) is 3.34. The molecular weight excluding hydrogens is 346 g/mol. The first-order valence-corrected chi connectivity index (χ1v) is 9.37. The number of piperidine rings is 1. The van der Waals surface area contributed by atoms with Gasteiger partial charge in [-0.3, -0.25) is 4.90 Å². The van der Waals surface area contributed by atoms with Crippen molar-refractivity contribution in [1.29, 1.82) is 0 Å². The molecule has 27 heavy (non-hydrogen) atoms. The Labute approximate surface area is 159 Å². The molecule has 146 valence electrons. The van der Waals surface area contributed by atoms with Gasteiger partial charge in [-0.2, -0.15) is 0 Å². The molecule has 0 aliphatic carbocycles. The molecule has 8 heteroatoms. The summed E-state index contributed by atoms with van der Waals surface area (Å²) in [5.74, 6) is 0.924. The number of nitrogens with one attached hydrogen (secondary N) is 2. The van der Waals surface area contributed by atoms with Crippen molar-refractivity contribution in [3.8, 4) is 11.5 Å². The van der Waals surface area contributed by atoms with Gasteiger partial charge in [-0.1, -0.05) is 12.5 Å². The number of aliphatic hydroxyl groups is 1. The summed E-state index contributed by atoms with van der Waals surface area (Å²) < 4.78 is 5.45. The average molecular weight is 373 g/mol. The van der Waals surface area contributed by atoms with Crippen LogP contribution in [0.1, 0.15) is 30.7 Å². The highest BCUT2D eigenvalue weighted by Gasteiger charge is 2.21. The van der Waals surface area contributed by atoms with E-state index in [2.05, 4.69) is 25.7 Å². The summed E-state index contributed by atoms with van der Waals surface area (Å²) in [5.41, 5.74) is 2.41. The molecule has 0 radical (unpaired) electrons. The lowest BCUT2D eigenvalue weighted by molar-refractivity contribution is 0.0917. The quantitative estimate of drug-likeness (QED) is 0.718. The third-order valence-electron chi connectivity index (χ3n) is 4.90. The van der Waals surface area contributed by atoms with Crippen LogP contribution in [-0.2, 0) is 0 Å². The van der Waals surface area contributed by atoms with Crippen LogP contribution in [0.4, 0.5) is 10.5 Å². The SMILES string of the molecule is Cc1nnc(-c2ccc(C)c(NC(=O)NCCN3CCCC[C@@H]3CO)c2)o1. The number of anilines is 1. The lowest BCUT2D eigenvalue weighted by Crippen LogP contribution is -2.46. The number of benzene rings is 1. The second kappa shape index (κ2) is 8.96. The number of hydrogen-bond donors (Lipinski definition) is 3. The van der Waals surface area contributed by atoms with Crippen molar-refractivity contribution >= 4 is 11.7 Å². The molecule has 8 nitrogen and oxygen atoms in total. The van der Waals surface area contributed by atoms with Gasteiger partial charge in [-0.05, 0) is 44.0 Å². The topological polar surface area (TPSA) is 104 Å². The normalized spacial score (nSPS) is 17.7. The molecule has 0 bridgehead atoms.